The van der Waals surface area contributed by atoms with Gasteiger partial charge in [-0.2, -0.15) is 4.31 Å². The van der Waals surface area contributed by atoms with E-state index in [1.807, 2.05) is 24.3 Å². The van der Waals surface area contributed by atoms with E-state index in [0.717, 1.165) is 21.5 Å². The average Bonchev–Trinajstić information content (AvgIpc) is 2.70. The van der Waals surface area contributed by atoms with Gasteiger partial charge in [0.2, 0.25) is 15.9 Å². The molecule has 1 N–H and O–H groups in total. The molecule has 0 bridgehead atoms. The van der Waals surface area contributed by atoms with Crippen molar-refractivity contribution in [2.45, 2.75) is 25.3 Å². The lowest BCUT2D eigenvalue weighted by Gasteiger charge is -2.19. The predicted molar refractivity (Wildman–Crippen MR) is 111 cm³/mol. The molecule has 152 valence electrons. The largest absolute Gasteiger partial charge is 0.323 e. The highest BCUT2D eigenvalue weighted by Crippen LogP contribution is 2.16. The summed E-state index contributed by atoms with van der Waals surface area (Å²) in [6.45, 7) is 3.79. The fourth-order valence-corrected chi connectivity index (χ4v) is 4.47. The van der Waals surface area contributed by atoms with Gasteiger partial charge >= 0.3 is 0 Å². The molecule has 0 saturated carbocycles. The van der Waals surface area contributed by atoms with Crippen molar-refractivity contribution in [1.82, 2.24) is 13.9 Å². The molecule has 0 aliphatic rings. The lowest BCUT2D eigenvalue weighted by Crippen LogP contribution is -2.33. The summed E-state index contributed by atoms with van der Waals surface area (Å²) in [5.74, 6) is -0.457. The van der Waals surface area contributed by atoms with Crippen LogP contribution in [0.2, 0.25) is 0 Å². The highest BCUT2D eigenvalue weighted by molar-refractivity contribution is 7.89. The minimum absolute atomic E-state index is 0.0269. The maximum absolute atomic E-state index is 12.7. The van der Waals surface area contributed by atoms with Crippen LogP contribution in [0, 0.1) is 0 Å². The first-order chi connectivity index (χ1) is 13.8. The van der Waals surface area contributed by atoms with E-state index in [0.29, 0.717) is 18.8 Å². The minimum Gasteiger partial charge on any atom is -0.323 e. The molecule has 0 aliphatic carbocycles. The van der Waals surface area contributed by atoms with Crippen molar-refractivity contribution in [2.75, 3.05) is 18.4 Å². The van der Waals surface area contributed by atoms with Crippen molar-refractivity contribution in [3.8, 4) is 0 Å². The number of carbonyl (C=O) groups excluding carboxylic acids is 1. The number of benzene rings is 1. The van der Waals surface area contributed by atoms with E-state index >= 15 is 0 Å². The quantitative estimate of drug-likeness (QED) is 0.638. The van der Waals surface area contributed by atoms with Gasteiger partial charge in [0.25, 0.3) is 5.56 Å². The molecule has 2 heterocycles. The van der Waals surface area contributed by atoms with Crippen LogP contribution in [0.25, 0.3) is 10.9 Å². The van der Waals surface area contributed by atoms with Crippen LogP contribution in [0.5, 0.6) is 0 Å². The topological polar surface area (TPSA) is 101 Å². The zero-order chi connectivity index (χ0) is 21.0. The third kappa shape index (κ3) is 4.52. The summed E-state index contributed by atoms with van der Waals surface area (Å²) >= 11 is 0. The van der Waals surface area contributed by atoms with Crippen molar-refractivity contribution < 1.29 is 13.2 Å². The van der Waals surface area contributed by atoms with Crippen LogP contribution in [0.1, 0.15) is 13.8 Å². The zero-order valence-corrected chi connectivity index (χ0v) is 17.0. The smallest absolute Gasteiger partial charge is 0.251 e. The zero-order valence-electron chi connectivity index (χ0n) is 16.2. The van der Waals surface area contributed by atoms with E-state index in [2.05, 4.69) is 10.3 Å². The lowest BCUT2D eigenvalue weighted by atomic mass is 10.2. The highest BCUT2D eigenvalue weighted by atomic mass is 32.2. The van der Waals surface area contributed by atoms with Crippen LogP contribution in [-0.2, 0) is 21.4 Å². The number of rotatable bonds is 7. The number of nitrogens with zero attached hydrogens (tertiary/aromatic N) is 3. The molecule has 3 aromatic rings. The highest BCUT2D eigenvalue weighted by Gasteiger charge is 2.22. The summed E-state index contributed by atoms with van der Waals surface area (Å²) in [5, 5.41) is 3.56. The number of amides is 1. The van der Waals surface area contributed by atoms with Crippen molar-refractivity contribution in [1.29, 1.82) is 0 Å². The van der Waals surface area contributed by atoms with Gasteiger partial charge in [0.15, 0.2) is 0 Å². The van der Waals surface area contributed by atoms with Crippen LogP contribution in [-0.4, -0.2) is 41.3 Å². The molecule has 29 heavy (non-hydrogen) atoms. The summed E-state index contributed by atoms with van der Waals surface area (Å²) in [6, 6.07) is 11.7. The monoisotopic (exact) mass is 414 g/mol. The summed E-state index contributed by atoms with van der Waals surface area (Å²) in [4.78, 5) is 28.8. The third-order valence-corrected chi connectivity index (χ3v) is 6.52. The van der Waals surface area contributed by atoms with Gasteiger partial charge in [0.1, 0.15) is 6.54 Å². The molecule has 2 aromatic heterocycles. The second-order valence-electron chi connectivity index (χ2n) is 6.39. The van der Waals surface area contributed by atoms with Crippen molar-refractivity contribution in [3.63, 3.8) is 0 Å². The molecule has 0 saturated heterocycles. The molecule has 1 aromatic carbocycles. The van der Waals surface area contributed by atoms with Gasteiger partial charge in [-0.1, -0.05) is 32.0 Å². The number of pyridine rings is 2. The third-order valence-electron chi connectivity index (χ3n) is 4.49. The molecule has 0 spiro atoms. The fourth-order valence-electron chi connectivity index (χ4n) is 2.99. The Balaban J connectivity index is 1.81. The Morgan fingerprint density at radius 1 is 1.14 bits per heavy atom. The van der Waals surface area contributed by atoms with Crippen molar-refractivity contribution in [2.24, 2.45) is 0 Å². The number of anilines is 1. The first-order valence-corrected chi connectivity index (χ1v) is 10.6. The Labute approximate surface area is 168 Å². The maximum Gasteiger partial charge on any atom is 0.251 e. The molecule has 3 rings (SSSR count). The molecule has 0 atom stereocenters. The number of carbonyl (C=O) groups is 1. The van der Waals surface area contributed by atoms with Crippen LogP contribution in [0.3, 0.4) is 0 Å². The maximum atomic E-state index is 12.7. The van der Waals surface area contributed by atoms with Crippen molar-refractivity contribution in [3.05, 3.63) is 65.2 Å². The van der Waals surface area contributed by atoms with Crippen LogP contribution >= 0.6 is 0 Å². The number of para-hydroxylation sites is 1. The van der Waals surface area contributed by atoms with Gasteiger partial charge in [-0.05, 0) is 18.2 Å². The number of nitrogens with one attached hydrogen (secondary N) is 1. The molecule has 8 nitrogen and oxygen atoms in total. The number of sulfonamides is 1. The predicted octanol–water partition coefficient (Wildman–Crippen LogP) is 2.07. The van der Waals surface area contributed by atoms with Gasteiger partial charge in [0.05, 0.1) is 22.3 Å². The van der Waals surface area contributed by atoms with Gasteiger partial charge < -0.3 is 9.88 Å². The number of hydrogen-bond acceptors (Lipinski definition) is 5. The van der Waals surface area contributed by atoms with Gasteiger partial charge in [-0.25, -0.2) is 8.42 Å². The van der Waals surface area contributed by atoms with Gasteiger partial charge in [-0.15, -0.1) is 0 Å². The summed E-state index contributed by atoms with van der Waals surface area (Å²) < 4.78 is 27.7. The second kappa shape index (κ2) is 8.54. The second-order valence-corrected chi connectivity index (χ2v) is 8.32. The summed E-state index contributed by atoms with van der Waals surface area (Å²) in [6.07, 6.45) is 2.73. The Morgan fingerprint density at radius 2 is 1.86 bits per heavy atom. The first kappa shape index (κ1) is 20.7. The fraction of sp³-hybridized carbons (Fsp3) is 0.250. The summed E-state index contributed by atoms with van der Waals surface area (Å²) in [7, 11) is -3.73. The van der Waals surface area contributed by atoms with Crippen LogP contribution in [0.4, 0.5) is 5.69 Å². The number of hydrogen-bond donors (Lipinski definition) is 1. The Hall–Kier alpha value is -3.04. The van der Waals surface area contributed by atoms with E-state index < -0.39 is 21.5 Å². The number of aromatic nitrogens is 2. The molecular weight excluding hydrogens is 392 g/mol. The molecule has 1 amide bonds. The van der Waals surface area contributed by atoms with E-state index in [1.54, 1.807) is 19.9 Å². The number of fused-ring (bicyclic) bond motifs is 1. The molecule has 0 unspecified atom stereocenters. The Bertz CT molecular complexity index is 1200. The Morgan fingerprint density at radius 3 is 2.59 bits per heavy atom. The normalized spacial score (nSPS) is 11.7. The van der Waals surface area contributed by atoms with E-state index in [1.165, 1.54) is 22.8 Å². The van der Waals surface area contributed by atoms with Crippen LogP contribution in [0.15, 0.2) is 64.5 Å². The summed E-state index contributed by atoms with van der Waals surface area (Å²) in [5.41, 5.74) is 0.833. The molecule has 0 fully saturated rings. The van der Waals surface area contributed by atoms with E-state index in [9.17, 15) is 18.0 Å². The average molecular weight is 414 g/mol. The molecule has 0 aliphatic heterocycles. The van der Waals surface area contributed by atoms with Gasteiger partial charge in [-0.3, -0.25) is 14.6 Å². The standard InChI is InChI=1S/C20H22N4O4S/c1-3-24(4-2)29(27,28)17-9-10-20(26)23(13-17)14-19(25)22-16-11-15-7-5-6-8-18(15)21-12-16/h5-13H,3-4,14H2,1-2H3,(H,22,25). The molecular formula is C20H22N4O4S. The van der Waals surface area contributed by atoms with Crippen LogP contribution < -0.4 is 10.9 Å². The van der Waals surface area contributed by atoms with E-state index in [4.69, 9.17) is 0 Å². The molecule has 0 radical (unpaired) electrons. The van der Waals surface area contributed by atoms with E-state index in [-0.39, 0.29) is 11.4 Å². The van der Waals surface area contributed by atoms with Crippen molar-refractivity contribution >= 4 is 32.5 Å². The SMILES string of the molecule is CCN(CC)S(=O)(=O)c1ccc(=O)n(CC(=O)Nc2cnc3ccccc3c2)c1. The lowest BCUT2D eigenvalue weighted by molar-refractivity contribution is -0.116. The minimum atomic E-state index is -3.73. The van der Waals surface area contributed by atoms with Gasteiger partial charge in [0, 0.05) is 30.7 Å². The Kier molecular flexibility index (Phi) is 6.09. The molecule has 9 heteroatoms. The first-order valence-electron chi connectivity index (χ1n) is 9.20.